The molecule has 0 saturated carbocycles. The lowest BCUT2D eigenvalue weighted by Gasteiger charge is -2.37. The number of nitrogens with zero attached hydrogens (tertiary/aromatic N) is 2. The Morgan fingerprint density at radius 3 is 2.63 bits per heavy atom. The standard InChI is InChI=1S/C32H35BFN3O4/c1-18-14-23(30-24(15-18)29(38)19(2)31(41-30)37-12-10-32(4,5)11-13-37)20(3)35-26-8-9-27(34)36-28(26)21-6-7-25-22(16-21)17-40-33(25)39/h6-9,14-16,20,35,39H,10-13,17H2,1-5H3. The number of aromatic nitrogens is 1. The third kappa shape index (κ3) is 5.13. The van der Waals surface area contributed by atoms with E-state index in [9.17, 15) is 14.2 Å². The molecule has 1 fully saturated rings. The van der Waals surface area contributed by atoms with Gasteiger partial charge in [0, 0.05) is 24.2 Å². The Hall–Kier alpha value is -3.69. The number of aryl methyl sites for hydroxylation is 1. The summed E-state index contributed by atoms with van der Waals surface area (Å²) in [5, 5.41) is 14.1. The Morgan fingerprint density at radius 2 is 1.88 bits per heavy atom. The highest BCUT2D eigenvalue weighted by molar-refractivity contribution is 6.61. The molecule has 0 spiro atoms. The number of halogens is 1. The van der Waals surface area contributed by atoms with Gasteiger partial charge >= 0.3 is 7.12 Å². The first-order valence-electron chi connectivity index (χ1n) is 14.2. The maximum atomic E-state index is 14.4. The van der Waals surface area contributed by atoms with Crippen molar-refractivity contribution in [2.75, 3.05) is 23.3 Å². The summed E-state index contributed by atoms with van der Waals surface area (Å²) in [4.78, 5) is 20.0. The van der Waals surface area contributed by atoms with Crippen LogP contribution in [0, 0.1) is 25.2 Å². The minimum absolute atomic E-state index is 0.0186. The van der Waals surface area contributed by atoms with E-state index < -0.39 is 13.1 Å². The fraction of sp³-hybridized carbons (Fsp3) is 0.375. The lowest BCUT2D eigenvalue weighted by molar-refractivity contribution is 0.274. The number of pyridine rings is 1. The van der Waals surface area contributed by atoms with E-state index in [-0.39, 0.29) is 23.5 Å². The lowest BCUT2D eigenvalue weighted by Crippen LogP contribution is -2.38. The number of nitrogens with one attached hydrogen (secondary N) is 1. The van der Waals surface area contributed by atoms with Gasteiger partial charge in [0.1, 0.15) is 5.58 Å². The predicted molar refractivity (Wildman–Crippen MR) is 161 cm³/mol. The number of anilines is 2. The molecule has 2 aliphatic heterocycles. The number of hydrogen-bond donors (Lipinski definition) is 2. The van der Waals surface area contributed by atoms with E-state index >= 15 is 0 Å². The van der Waals surface area contributed by atoms with Crippen molar-refractivity contribution in [1.29, 1.82) is 0 Å². The summed E-state index contributed by atoms with van der Waals surface area (Å²) < 4.78 is 26.3. The number of benzene rings is 2. The minimum atomic E-state index is -0.952. The van der Waals surface area contributed by atoms with E-state index in [1.54, 1.807) is 12.1 Å². The first-order valence-corrected chi connectivity index (χ1v) is 14.2. The largest absolute Gasteiger partial charge is 0.491 e. The van der Waals surface area contributed by atoms with Gasteiger partial charge in [0.05, 0.1) is 35.0 Å². The van der Waals surface area contributed by atoms with Crippen molar-refractivity contribution in [3.63, 3.8) is 0 Å². The quantitative estimate of drug-likeness (QED) is 0.244. The fourth-order valence-corrected chi connectivity index (χ4v) is 5.95. The van der Waals surface area contributed by atoms with Crippen LogP contribution in [0.4, 0.5) is 16.0 Å². The minimum Gasteiger partial charge on any atom is -0.440 e. The van der Waals surface area contributed by atoms with Gasteiger partial charge in [-0.3, -0.25) is 4.79 Å². The van der Waals surface area contributed by atoms with Gasteiger partial charge in [-0.05, 0) is 79.9 Å². The van der Waals surface area contributed by atoms with E-state index in [1.807, 2.05) is 45.0 Å². The maximum Gasteiger partial charge on any atom is 0.491 e. The molecule has 212 valence electrons. The molecule has 0 aliphatic carbocycles. The molecule has 41 heavy (non-hydrogen) atoms. The van der Waals surface area contributed by atoms with Crippen LogP contribution in [0.5, 0.6) is 0 Å². The molecule has 1 unspecified atom stereocenters. The van der Waals surface area contributed by atoms with Crippen LogP contribution in [-0.4, -0.2) is 30.2 Å². The van der Waals surface area contributed by atoms with Gasteiger partial charge in [-0.1, -0.05) is 32.0 Å². The predicted octanol–water partition coefficient (Wildman–Crippen LogP) is 5.63. The molecular weight excluding hydrogens is 520 g/mol. The monoisotopic (exact) mass is 555 g/mol. The van der Waals surface area contributed by atoms with Gasteiger partial charge in [0.2, 0.25) is 11.8 Å². The Balaban J connectivity index is 1.40. The first-order chi connectivity index (χ1) is 19.5. The fourth-order valence-electron chi connectivity index (χ4n) is 5.95. The Labute approximate surface area is 239 Å². The number of hydrogen-bond acceptors (Lipinski definition) is 7. The molecule has 1 saturated heterocycles. The molecule has 0 amide bonds. The molecule has 2 aromatic carbocycles. The zero-order valence-electron chi connectivity index (χ0n) is 24.2. The second-order valence-electron chi connectivity index (χ2n) is 12.2. The van der Waals surface area contributed by atoms with Gasteiger partial charge in [-0.2, -0.15) is 4.39 Å². The van der Waals surface area contributed by atoms with E-state index in [1.165, 1.54) is 6.07 Å². The van der Waals surface area contributed by atoms with Crippen LogP contribution in [0.15, 0.2) is 51.7 Å². The average Bonchev–Trinajstić information content (AvgIpc) is 3.31. The highest BCUT2D eigenvalue weighted by Gasteiger charge is 2.30. The second-order valence-corrected chi connectivity index (χ2v) is 12.2. The average molecular weight is 555 g/mol. The van der Waals surface area contributed by atoms with Gasteiger partial charge in [0.15, 0.2) is 5.43 Å². The normalized spacial score (nSPS) is 17.1. The lowest BCUT2D eigenvalue weighted by atomic mass is 9.79. The smallest absolute Gasteiger partial charge is 0.440 e. The third-order valence-corrected chi connectivity index (χ3v) is 8.55. The Morgan fingerprint density at radius 1 is 1.12 bits per heavy atom. The Kier molecular flexibility index (Phi) is 6.90. The zero-order chi connectivity index (χ0) is 29.1. The van der Waals surface area contributed by atoms with Crippen molar-refractivity contribution in [2.24, 2.45) is 5.41 Å². The third-order valence-electron chi connectivity index (χ3n) is 8.55. The van der Waals surface area contributed by atoms with Gasteiger partial charge in [-0.25, -0.2) is 4.98 Å². The molecule has 0 radical (unpaired) electrons. The van der Waals surface area contributed by atoms with Crippen molar-refractivity contribution in [1.82, 2.24) is 4.98 Å². The topological polar surface area (TPSA) is 87.8 Å². The molecule has 4 aromatic rings. The summed E-state index contributed by atoms with van der Waals surface area (Å²) in [6, 6.07) is 12.1. The van der Waals surface area contributed by atoms with Crippen LogP contribution in [-0.2, 0) is 11.3 Å². The van der Waals surface area contributed by atoms with Crippen molar-refractivity contribution in [3.8, 4) is 11.3 Å². The van der Waals surface area contributed by atoms with Crippen molar-refractivity contribution < 1.29 is 18.5 Å². The summed E-state index contributed by atoms with van der Waals surface area (Å²) in [5.41, 5.74) is 6.59. The van der Waals surface area contributed by atoms with E-state index in [4.69, 9.17) is 9.07 Å². The molecule has 0 bridgehead atoms. The molecule has 2 aromatic heterocycles. The highest BCUT2D eigenvalue weighted by Crippen LogP contribution is 2.37. The molecule has 6 rings (SSSR count). The molecule has 4 heterocycles. The summed E-state index contributed by atoms with van der Waals surface area (Å²) >= 11 is 0. The van der Waals surface area contributed by atoms with Crippen molar-refractivity contribution >= 4 is 35.1 Å². The number of fused-ring (bicyclic) bond motifs is 2. The Bertz CT molecular complexity index is 1710. The summed E-state index contributed by atoms with van der Waals surface area (Å²) in [7, 11) is -0.952. The molecule has 1 atom stereocenters. The zero-order valence-corrected chi connectivity index (χ0v) is 24.2. The summed E-state index contributed by atoms with van der Waals surface area (Å²) in [6.45, 7) is 12.3. The van der Waals surface area contributed by atoms with Gasteiger partial charge in [-0.15, -0.1) is 0 Å². The van der Waals surface area contributed by atoms with Crippen LogP contribution in [0.25, 0.3) is 22.2 Å². The molecule has 9 heteroatoms. The number of rotatable bonds is 5. The van der Waals surface area contributed by atoms with Crippen LogP contribution < -0.4 is 21.1 Å². The van der Waals surface area contributed by atoms with Gasteiger partial charge < -0.3 is 24.3 Å². The van der Waals surface area contributed by atoms with Crippen LogP contribution in [0.3, 0.4) is 0 Å². The van der Waals surface area contributed by atoms with E-state index in [0.29, 0.717) is 44.8 Å². The van der Waals surface area contributed by atoms with Crippen LogP contribution in [0.1, 0.15) is 61.9 Å². The molecule has 2 N–H and O–H groups in total. The van der Waals surface area contributed by atoms with Crippen molar-refractivity contribution in [2.45, 2.75) is 60.1 Å². The van der Waals surface area contributed by atoms with E-state index in [2.05, 4.69) is 29.0 Å². The summed E-state index contributed by atoms with van der Waals surface area (Å²) in [5.74, 6) is 0.0498. The van der Waals surface area contributed by atoms with Crippen LogP contribution >= 0.6 is 0 Å². The van der Waals surface area contributed by atoms with Gasteiger partial charge in [0.25, 0.3) is 0 Å². The summed E-state index contributed by atoms with van der Waals surface area (Å²) in [6.07, 6.45) is 2.06. The maximum absolute atomic E-state index is 14.4. The first kappa shape index (κ1) is 27.5. The van der Waals surface area contributed by atoms with Crippen LogP contribution in [0.2, 0.25) is 0 Å². The van der Waals surface area contributed by atoms with E-state index in [0.717, 1.165) is 42.6 Å². The second kappa shape index (κ2) is 10.3. The molecule has 2 aliphatic rings. The molecular formula is C32H35BFN3O4. The SMILES string of the molecule is Cc1cc(C(C)Nc2ccc(F)nc2-c2ccc3c(c2)COB3O)c2oc(N3CCC(C)(C)CC3)c(C)c(=O)c2c1. The number of piperidine rings is 1. The highest BCUT2D eigenvalue weighted by atomic mass is 19.1. The molecule has 7 nitrogen and oxygen atoms in total. The van der Waals surface area contributed by atoms with Crippen molar-refractivity contribution in [3.05, 3.63) is 80.9 Å².